The van der Waals surface area contributed by atoms with E-state index in [2.05, 4.69) is 10.3 Å². The normalized spacial score (nSPS) is 16.2. The Bertz CT molecular complexity index is 1030. The van der Waals surface area contributed by atoms with Crippen molar-refractivity contribution < 1.29 is 28.8 Å². The lowest BCUT2D eigenvalue weighted by Crippen LogP contribution is -2.52. The van der Waals surface area contributed by atoms with Crippen molar-refractivity contribution in [2.75, 3.05) is 13.1 Å². The maximum Gasteiger partial charge on any atom is 0.410 e. The van der Waals surface area contributed by atoms with Crippen LogP contribution in [0.15, 0.2) is 30.5 Å². The largest absolute Gasteiger partial charge is 0.444 e. The van der Waals surface area contributed by atoms with Crippen molar-refractivity contribution >= 4 is 23.9 Å². The van der Waals surface area contributed by atoms with Crippen LogP contribution in [0.3, 0.4) is 0 Å². The summed E-state index contributed by atoms with van der Waals surface area (Å²) < 4.78 is 6.77. The number of aromatic nitrogens is 3. The first-order chi connectivity index (χ1) is 14.6. The Morgan fingerprint density at radius 2 is 1.71 bits per heavy atom. The molecule has 2 aliphatic rings. The highest BCUT2D eigenvalue weighted by molar-refractivity contribution is 6.21. The highest BCUT2D eigenvalue weighted by Crippen LogP contribution is 2.24. The van der Waals surface area contributed by atoms with E-state index in [1.807, 2.05) is 0 Å². The van der Waals surface area contributed by atoms with Gasteiger partial charge in [-0.25, -0.2) is 9.59 Å². The van der Waals surface area contributed by atoms with E-state index in [0.717, 1.165) is 0 Å². The first-order valence-corrected chi connectivity index (χ1v) is 9.70. The topological polar surface area (TPSA) is 124 Å². The monoisotopic (exact) mass is 427 g/mol. The van der Waals surface area contributed by atoms with E-state index in [0.29, 0.717) is 24.7 Å². The Hall–Kier alpha value is -3.76. The molecule has 1 aromatic carbocycles. The number of fused-ring (bicyclic) bond motifs is 1. The van der Waals surface area contributed by atoms with Gasteiger partial charge in [-0.1, -0.05) is 22.4 Å². The van der Waals surface area contributed by atoms with Crippen LogP contribution in [0.4, 0.5) is 4.79 Å². The van der Waals surface area contributed by atoms with Crippen molar-refractivity contribution in [3.8, 4) is 0 Å². The summed E-state index contributed by atoms with van der Waals surface area (Å²) in [5.74, 6) is -2.25. The Morgan fingerprint density at radius 1 is 1.10 bits per heavy atom. The zero-order valence-electron chi connectivity index (χ0n) is 17.3. The van der Waals surface area contributed by atoms with Crippen LogP contribution >= 0.6 is 0 Å². The number of benzene rings is 1. The average molecular weight is 427 g/mol. The molecule has 0 radical (unpaired) electrons. The minimum atomic E-state index is -0.968. The third kappa shape index (κ3) is 4.11. The van der Waals surface area contributed by atoms with Gasteiger partial charge in [0.1, 0.15) is 5.60 Å². The van der Waals surface area contributed by atoms with Gasteiger partial charge in [0.25, 0.3) is 11.8 Å². The summed E-state index contributed by atoms with van der Waals surface area (Å²) in [6, 6.07) is 6.20. The Morgan fingerprint density at radius 3 is 2.29 bits per heavy atom. The van der Waals surface area contributed by atoms with Crippen molar-refractivity contribution in [2.24, 2.45) is 5.92 Å². The van der Waals surface area contributed by atoms with Crippen LogP contribution in [-0.4, -0.2) is 67.5 Å². The van der Waals surface area contributed by atoms with Crippen LogP contribution in [0.2, 0.25) is 0 Å². The van der Waals surface area contributed by atoms with E-state index in [-0.39, 0.29) is 28.8 Å². The number of amides is 3. The first kappa shape index (κ1) is 20.5. The highest BCUT2D eigenvalue weighted by atomic mass is 16.7. The van der Waals surface area contributed by atoms with Gasteiger partial charge in [0, 0.05) is 25.6 Å². The molecule has 1 aromatic heterocycles. The summed E-state index contributed by atoms with van der Waals surface area (Å²) in [6.45, 7) is 6.86. The molecule has 3 amide bonds. The van der Waals surface area contributed by atoms with Crippen LogP contribution in [-0.2, 0) is 16.1 Å². The number of rotatable bonds is 4. The maximum absolute atomic E-state index is 12.3. The number of imide groups is 1. The number of nitrogens with zero attached hydrogens (tertiary/aromatic N) is 5. The number of carbonyl (C=O) groups excluding carboxylic acids is 4. The van der Waals surface area contributed by atoms with Gasteiger partial charge >= 0.3 is 12.1 Å². The molecule has 162 valence electrons. The number of carbonyl (C=O) groups is 4. The Labute approximate surface area is 177 Å². The quantitative estimate of drug-likeness (QED) is 0.673. The van der Waals surface area contributed by atoms with Gasteiger partial charge in [0.05, 0.1) is 17.3 Å². The van der Waals surface area contributed by atoms with Crippen molar-refractivity contribution in [3.63, 3.8) is 0 Å². The molecule has 2 aromatic rings. The molecule has 0 bridgehead atoms. The summed E-state index contributed by atoms with van der Waals surface area (Å²) in [4.78, 5) is 55.5. The predicted octanol–water partition coefficient (Wildman–Crippen LogP) is 1.51. The van der Waals surface area contributed by atoms with Crippen LogP contribution < -0.4 is 0 Å². The molecule has 0 unspecified atom stereocenters. The number of hydrogen-bond donors (Lipinski definition) is 0. The van der Waals surface area contributed by atoms with Gasteiger partial charge in [-0.3, -0.25) is 14.3 Å². The molecule has 31 heavy (non-hydrogen) atoms. The molecule has 1 fully saturated rings. The van der Waals surface area contributed by atoms with E-state index in [1.165, 1.54) is 23.0 Å². The molecular formula is C20H21N5O6. The van der Waals surface area contributed by atoms with Crippen LogP contribution in [0.5, 0.6) is 0 Å². The van der Waals surface area contributed by atoms with Gasteiger partial charge in [-0.15, -0.1) is 5.10 Å². The molecule has 0 atom stereocenters. The maximum atomic E-state index is 12.3. The van der Waals surface area contributed by atoms with Crippen LogP contribution in [0.25, 0.3) is 0 Å². The van der Waals surface area contributed by atoms with Gasteiger partial charge in [-0.2, -0.15) is 0 Å². The van der Waals surface area contributed by atoms with Crippen molar-refractivity contribution in [2.45, 2.75) is 32.9 Å². The van der Waals surface area contributed by atoms with Gasteiger partial charge < -0.3 is 14.5 Å². The SMILES string of the molecule is CC(C)(C)OC(=O)N1CC(Cn2cc(C(=O)ON3C(=O)c4ccccc4C3=O)nn2)C1. The minimum Gasteiger partial charge on any atom is -0.444 e. The molecule has 1 saturated heterocycles. The average Bonchev–Trinajstić information content (AvgIpc) is 3.22. The Balaban J connectivity index is 1.31. The summed E-state index contributed by atoms with van der Waals surface area (Å²) in [5, 5.41) is 8.07. The zero-order chi connectivity index (χ0) is 22.3. The fraction of sp³-hybridized carbons (Fsp3) is 0.400. The summed E-state index contributed by atoms with van der Waals surface area (Å²) >= 11 is 0. The lowest BCUT2D eigenvalue weighted by molar-refractivity contribution is -0.0588. The molecule has 0 spiro atoms. The lowest BCUT2D eigenvalue weighted by atomic mass is 10.0. The van der Waals surface area contributed by atoms with E-state index in [4.69, 9.17) is 9.57 Å². The van der Waals surface area contributed by atoms with E-state index >= 15 is 0 Å². The highest BCUT2D eigenvalue weighted by Gasteiger charge is 2.39. The van der Waals surface area contributed by atoms with Gasteiger partial charge in [-0.05, 0) is 32.9 Å². The summed E-state index contributed by atoms with van der Waals surface area (Å²) in [5.41, 5.74) is -0.352. The minimum absolute atomic E-state index is 0.134. The third-order valence-corrected chi connectivity index (χ3v) is 4.73. The second-order valence-electron chi connectivity index (χ2n) is 8.41. The van der Waals surface area contributed by atoms with Crippen LogP contribution in [0.1, 0.15) is 52.0 Å². The molecule has 3 heterocycles. The second-order valence-corrected chi connectivity index (χ2v) is 8.41. The zero-order valence-corrected chi connectivity index (χ0v) is 17.3. The molecule has 0 saturated carbocycles. The standard InChI is InChI=1S/C20H21N5O6/c1-20(2,3)30-19(29)23-8-12(9-23)10-24-11-15(21-22-24)18(28)31-25-16(26)13-6-4-5-7-14(13)17(25)27/h4-7,11-12H,8-10H2,1-3H3. The van der Waals surface area contributed by atoms with E-state index in [9.17, 15) is 19.2 Å². The van der Waals surface area contributed by atoms with Crippen molar-refractivity contribution in [1.82, 2.24) is 25.0 Å². The fourth-order valence-electron chi connectivity index (χ4n) is 3.29. The first-order valence-electron chi connectivity index (χ1n) is 9.70. The van der Waals surface area contributed by atoms with E-state index < -0.39 is 23.4 Å². The number of ether oxygens (including phenoxy) is 1. The number of hydroxylamine groups is 2. The second kappa shape index (κ2) is 7.49. The Kier molecular flexibility index (Phi) is 4.96. The molecule has 0 N–H and O–H groups in total. The molecule has 11 nitrogen and oxygen atoms in total. The van der Waals surface area contributed by atoms with E-state index in [1.54, 1.807) is 37.8 Å². The van der Waals surface area contributed by atoms with Gasteiger partial charge in [0.15, 0.2) is 5.69 Å². The molecule has 0 aliphatic carbocycles. The van der Waals surface area contributed by atoms with Crippen LogP contribution in [0, 0.1) is 5.92 Å². The molecule has 2 aliphatic heterocycles. The number of hydrogen-bond acceptors (Lipinski definition) is 8. The van der Waals surface area contributed by atoms with Crippen molar-refractivity contribution in [1.29, 1.82) is 0 Å². The molecule has 11 heteroatoms. The number of likely N-dealkylation sites (tertiary alicyclic amines) is 1. The third-order valence-electron chi connectivity index (χ3n) is 4.73. The smallest absolute Gasteiger partial charge is 0.410 e. The molecular weight excluding hydrogens is 406 g/mol. The summed E-state index contributed by atoms with van der Waals surface area (Å²) in [6.07, 6.45) is 1.00. The fourth-order valence-corrected chi connectivity index (χ4v) is 3.29. The van der Waals surface area contributed by atoms with Gasteiger partial charge in [0.2, 0.25) is 0 Å². The van der Waals surface area contributed by atoms with Crippen molar-refractivity contribution in [3.05, 3.63) is 47.3 Å². The summed E-state index contributed by atoms with van der Waals surface area (Å²) in [7, 11) is 0. The predicted molar refractivity (Wildman–Crippen MR) is 104 cm³/mol. The molecule has 4 rings (SSSR count). The lowest BCUT2D eigenvalue weighted by Gasteiger charge is -2.39.